The number of hydrogen-bond acceptors (Lipinski definition) is 5. The van der Waals surface area contributed by atoms with Crippen LogP contribution in [0.25, 0.3) is 0 Å². The van der Waals surface area contributed by atoms with E-state index in [1.807, 2.05) is 11.0 Å². The Labute approximate surface area is 145 Å². The summed E-state index contributed by atoms with van der Waals surface area (Å²) in [5.74, 6) is 0.916. The highest BCUT2D eigenvalue weighted by Gasteiger charge is 2.33. The first-order valence-electron chi connectivity index (χ1n) is 8.24. The third-order valence-electron chi connectivity index (χ3n) is 4.77. The molecule has 4 rings (SSSR count). The second kappa shape index (κ2) is 6.11. The van der Waals surface area contributed by atoms with Crippen LogP contribution >= 0.6 is 0 Å². The number of nitrogens with zero attached hydrogens (tertiary/aromatic N) is 4. The first-order chi connectivity index (χ1) is 12.0. The molecule has 2 aliphatic heterocycles. The maximum Gasteiger partial charge on any atom is 0.285 e. The number of sulfonamides is 1. The van der Waals surface area contributed by atoms with E-state index >= 15 is 0 Å². The molecular formula is C17H18N4O3S. The van der Waals surface area contributed by atoms with E-state index in [1.165, 1.54) is 12.3 Å². The Morgan fingerprint density at radius 3 is 2.64 bits per heavy atom. The number of piperidine rings is 1. The van der Waals surface area contributed by atoms with Crippen LogP contribution in [0.5, 0.6) is 0 Å². The van der Waals surface area contributed by atoms with Crippen molar-refractivity contribution in [3.8, 4) is 0 Å². The lowest BCUT2D eigenvalue weighted by Gasteiger charge is -2.33. The second-order valence-corrected chi connectivity index (χ2v) is 7.96. The van der Waals surface area contributed by atoms with Gasteiger partial charge in [0.25, 0.3) is 15.6 Å². The molecule has 2 aromatic rings. The lowest BCUT2D eigenvalue weighted by molar-refractivity contribution is 0.244. The van der Waals surface area contributed by atoms with Crippen molar-refractivity contribution in [2.24, 2.45) is 10.3 Å². The highest BCUT2D eigenvalue weighted by molar-refractivity contribution is 7.90. The second-order valence-electron chi connectivity index (χ2n) is 6.39. The maximum absolute atomic E-state index is 12.2. The summed E-state index contributed by atoms with van der Waals surface area (Å²) >= 11 is 0. The van der Waals surface area contributed by atoms with Gasteiger partial charge >= 0.3 is 0 Å². The summed E-state index contributed by atoms with van der Waals surface area (Å²) in [5, 5.41) is 0. The molecule has 25 heavy (non-hydrogen) atoms. The molecule has 1 fully saturated rings. The number of aromatic nitrogens is 2. The largest absolute Gasteiger partial charge is 0.355 e. The van der Waals surface area contributed by atoms with Gasteiger partial charge in [-0.25, -0.2) is 4.98 Å². The van der Waals surface area contributed by atoms with Gasteiger partial charge < -0.3 is 4.90 Å². The van der Waals surface area contributed by atoms with E-state index in [0.717, 1.165) is 25.9 Å². The van der Waals surface area contributed by atoms with E-state index in [1.54, 1.807) is 29.1 Å². The molecule has 0 amide bonds. The minimum atomic E-state index is -3.58. The van der Waals surface area contributed by atoms with Crippen LogP contribution in [0.3, 0.4) is 0 Å². The SMILES string of the molecule is O=c1ccncn1CC1CCN(C2=NS(=O)(=O)c3ccccc32)CC1. The zero-order valence-corrected chi connectivity index (χ0v) is 14.4. The summed E-state index contributed by atoms with van der Waals surface area (Å²) in [6.07, 6.45) is 4.82. The van der Waals surface area contributed by atoms with Crippen LogP contribution in [-0.2, 0) is 16.6 Å². The van der Waals surface area contributed by atoms with Crippen molar-refractivity contribution >= 4 is 15.9 Å². The van der Waals surface area contributed by atoms with E-state index < -0.39 is 10.0 Å². The number of hydrogen-bond donors (Lipinski definition) is 0. The van der Waals surface area contributed by atoms with E-state index in [4.69, 9.17) is 0 Å². The summed E-state index contributed by atoms with van der Waals surface area (Å²) in [4.78, 5) is 18.1. The average Bonchev–Trinajstić information content (AvgIpc) is 2.90. The molecule has 0 bridgehead atoms. The van der Waals surface area contributed by atoms with Gasteiger partial charge in [0.2, 0.25) is 0 Å². The van der Waals surface area contributed by atoms with Gasteiger partial charge in [-0.1, -0.05) is 12.1 Å². The van der Waals surface area contributed by atoms with Crippen molar-refractivity contribution in [2.45, 2.75) is 24.3 Å². The van der Waals surface area contributed by atoms with Crippen molar-refractivity contribution in [3.63, 3.8) is 0 Å². The predicted molar refractivity (Wildman–Crippen MR) is 93.0 cm³/mol. The zero-order valence-electron chi connectivity index (χ0n) is 13.6. The van der Waals surface area contributed by atoms with Gasteiger partial charge in [0.15, 0.2) is 5.84 Å². The monoisotopic (exact) mass is 358 g/mol. The fraction of sp³-hybridized carbons (Fsp3) is 0.353. The van der Waals surface area contributed by atoms with Gasteiger partial charge in [-0.05, 0) is 30.9 Å². The molecule has 0 spiro atoms. The third-order valence-corrected chi connectivity index (χ3v) is 6.10. The van der Waals surface area contributed by atoms with Crippen LogP contribution in [0.4, 0.5) is 0 Å². The van der Waals surface area contributed by atoms with Crippen molar-refractivity contribution in [3.05, 3.63) is 58.8 Å². The standard InChI is InChI=1S/C17H18N4O3S/c22-16-5-8-18-12-21(16)11-13-6-9-20(10-7-13)17-14-3-1-2-4-15(14)25(23,24)19-17/h1-5,8,12-13H,6-7,9-11H2. The molecule has 8 heteroatoms. The Morgan fingerprint density at radius 2 is 1.88 bits per heavy atom. The normalized spacial score (nSPS) is 19.5. The minimum Gasteiger partial charge on any atom is -0.355 e. The summed E-state index contributed by atoms with van der Waals surface area (Å²) in [5.41, 5.74) is 0.641. The Morgan fingerprint density at radius 1 is 1.12 bits per heavy atom. The molecule has 0 radical (unpaired) electrons. The van der Waals surface area contributed by atoms with Crippen LogP contribution in [0.2, 0.25) is 0 Å². The molecule has 1 aromatic carbocycles. The number of rotatable bonds is 2. The maximum atomic E-state index is 12.2. The van der Waals surface area contributed by atoms with Gasteiger partial charge in [0.05, 0.1) is 6.33 Å². The smallest absolute Gasteiger partial charge is 0.285 e. The van der Waals surface area contributed by atoms with Crippen LogP contribution in [0.1, 0.15) is 18.4 Å². The fourth-order valence-corrected chi connectivity index (χ4v) is 4.67. The molecule has 0 aliphatic carbocycles. The summed E-state index contributed by atoms with van der Waals surface area (Å²) in [6.45, 7) is 2.09. The van der Waals surface area contributed by atoms with E-state index in [2.05, 4.69) is 9.38 Å². The molecule has 0 N–H and O–H groups in total. The Balaban J connectivity index is 1.48. The van der Waals surface area contributed by atoms with Gasteiger partial charge in [0.1, 0.15) is 4.90 Å². The highest BCUT2D eigenvalue weighted by atomic mass is 32.2. The lowest BCUT2D eigenvalue weighted by Crippen LogP contribution is -2.40. The topological polar surface area (TPSA) is 84.6 Å². The average molecular weight is 358 g/mol. The number of fused-ring (bicyclic) bond motifs is 1. The number of amidine groups is 1. The molecule has 0 saturated carbocycles. The lowest BCUT2D eigenvalue weighted by atomic mass is 9.96. The molecule has 130 valence electrons. The van der Waals surface area contributed by atoms with Crippen molar-refractivity contribution in [1.82, 2.24) is 14.5 Å². The molecular weight excluding hydrogens is 340 g/mol. The number of benzene rings is 1. The van der Waals surface area contributed by atoms with E-state index in [9.17, 15) is 13.2 Å². The quantitative estimate of drug-likeness (QED) is 0.803. The van der Waals surface area contributed by atoms with Crippen LogP contribution in [0.15, 0.2) is 56.9 Å². The first-order valence-corrected chi connectivity index (χ1v) is 9.68. The van der Waals surface area contributed by atoms with Crippen LogP contribution in [-0.4, -0.2) is 41.8 Å². The predicted octanol–water partition coefficient (Wildman–Crippen LogP) is 1.10. The van der Waals surface area contributed by atoms with Crippen LogP contribution < -0.4 is 5.56 Å². The summed E-state index contributed by atoms with van der Waals surface area (Å²) in [6, 6.07) is 8.41. The van der Waals surface area contributed by atoms with Crippen LogP contribution in [0, 0.1) is 5.92 Å². The van der Waals surface area contributed by atoms with E-state index in [-0.39, 0.29) is 10.5 Å². The Hall–Kier alpha value is -2.48. The Kier molecular flexibility index (Phi) is 3.91. The molecule has 0 atom stereocenters. The molecule has 2 aliphatic rings. The van der Waals surface area contributed by atoms with Gasteiger partial charge in [0, 0.05) is 37.5 Å². The van der Waals surface area contributed by atoms with Gasteiger partial charge in [-0.15, -0.1) is 4.40 Å². The zero-order chi connectivity index (χ0) is 17.4. The molecule has 0 unspecified atom stereocenters. The van der Waals surface area contributed by atoms with Crippen molar-refractivity contribution in [1.29, 1.82) is 0 Å². The Bertz CT molecular complexity index is 989. The summed E-state index contributed by atoms with van der Waals surface area (Å²) < 4.78 is 30.0. The molecule has 7 nitrogen and oxygen atoms in total. The third kappa shape index (κ3) is 2.97. The highest BCUT2D eigenvalue weighted by Crippen LogP contribution is 2.29. The van der Waals surface area contributed by atoms with Crippen molar-refractivity contribution in [2.75, 3.05) is 13.1 Å². The first kappa shape index (κ1) is 16.0. The van der Waals surface area contributed by atoms with Gasteiger partial charge in [-0.2, -0.15) is 8.42 Å². The molecule has 1 saturated heterocycles. The van der Waals surface area contributed by atoms with Crippen molar-refractivity contribution < 1.29 is 8.42 Å². The minimum absolute atomic E-state index is 0.0439. The van der Waals surface area contributed by atoms with E-state index in [0.29, 0.717) is 23.9 Å². The summed E-state index contributed by atoms with van der Waals surface area (Å²) in [7, 11) is -3.58. The fourth-order valence-electron chi connectivity index (χ4n) is 3.44. The number of likely N-dealkylation sites (tertiary alicyclic amines) is 1. The van der Waals surface area contributed by atoms with Gasteiger partial charge in [-0.3, -0.25) is 9.36 Å². The molecule has 3 heterocycles. The molecule has 1 aromatic heterocycles.